The lowest BCUT2D eigenvalue weighted by atomic mass is 10.1. The summed E-state index contributed by atoms with van der Waals surface area (Å²) < 4.78 is 0. The average molecular weight is 271 g/mol. The van der Waals surface area contributed by atoms with Crippen LogP contribution in [0.25, 0.3) is 10.4 Å². The van der Waals surface area contributed by atoms with Gasteiger partial charge in [-0.2, -0.15) is 0 Å². The van der Waals surface area contributed by atoms with Crippen LogP contribution in [0.4, 0.5) is 0 Å². The highest BCUT2D eigenvalue weighted by atomic mass is 32.1. The Morgan fingerprint density at radius 3 is 2.78 bits per heavy atom. The third-order valence-corrected chi connectivity index (χ3v) is 3.68. The zero-order valence-electron chi connectivity index (χ0n) is 9.65. The number of carboxylic acids is 1. The number of azide groups is 1. The molecule has 1 rings (SSSR count). The van der Waals surface area contributed by atoms with E-state index < -0.39 is 18.2 Å². The third kappa shape index (κ3) is 3.44. The van der Waals surface area contributed by atoms with Crippen molar-refractivity contribution in [2.45, 2.75) is 25.6 Å². The van der Waals surface area contributed by atoms with E-state index >= 15 is 0 Å². The van der Waals surface area contributed by atoms with Crippen molar-refractivity contribution in [1.82, 2.24) is 0 Å². The maximum Gasteiger partial charge on any atom is 0.345 e. The highest BCUT2D eigenvalue weighted by Gasteiger charge is 2.23. The van der Waals surface area contributed by atoms with Crippen molar-refractivity contribution < 1.29 is 20.1 Å². The van der Waals surface area contributed by atoms with Crippen molar-refractivity contribution in [3.8, 4) is 0 Å². The molecule has 0 aliphatic heterocycles. The van der Waals surface area contributed by atoms with E-state index in [0.717, 1.165) is 11.3 Å². The van der Waals surface area contributed by atoms with Gasteiger partial charge in [0.2, 0.25) is 0 Å². The van der Waals surface area contributed by atoms with E-state index in [2.05, 4.69) is 10.0 Å². The van der Waals surface area contributed by atoms with Gasteiger partial charge >= 0.3 is 5.97 Å². The highest BCUT2D eigenvalue weighted by molar-refractivity contribution is 7.14. The number of aliphatic hydroxyl groups excluding tert-OH is 2. The van der Waals surface area contributed by atoms with Gasteiger partial charge in [-0.1, -0.05) is 5.11 Å². The van der Waals surface area contributed by atoms with Gasteiger partial charge in [-0.15, -0.1) is 11.3 Å². The Morgan fingerprint density at radius 2 is 2.28 bits per heavy atom. The first-order valence-electron chi connectivity index (χ1n) is 5.18. The summed E-state index contributed by atoms with van der Waals surface area (Å²) in [5.41, 5.74) is 8.71. The van der Waals surface area contributed by atoms with Crippen molar-refractivity contribution >= 4 is 17.3 Å². The van der Waals surface area contributed by atoms with E-state index in [1.54, 1.807) is 6.92 Å². The lowest BCUT2D eigenvalue weighted by molar-refractivity contribution is 0.0168. The molecule has 2 unspecified atom stereocenters. The highest BCUT2D eigenvalue weighted by Crippen LogP contribution is 2.30. The van der Waals surface area contributed by atoms with Crippen molar-refractivity contribution in [2.24, 2.45) is 5.11 Å². The van der Waals surface area contributed by atoms with Crippen molar-refractivity contribution in [3.63, 3.8) is 0 Å². The Morgan fingerprint density at radius 1 is 1.61 bits per heavy atom. The van der Waals surface area contributed by atoms with Crippen LogP contribution in [0.2, 0.25) is 0 Å². The van der Waals surface area contributed by atoms with Gasteiger partial charge in [-0.05, 0) is 30.5 Å². The molecule has 0 saturated carbocycles. The second-order valence-corrected chi connectivity index (χ2v) is 4.80. The van der Waals surface area contributed by atoms with Crippen molar-refractivity contribution in [3.05, 3.63) is 31.8 Å². The van der Waals surface area contributed by atoms with Gasteiger partial charge in [0.15, 0.2) is 0 Å². The first-order valence-corrected chi connectivity index (χ1v) is 5.99. The Labute approximate surface area is 107 Å². The first kappa shape index (κ1) is 14.5. The van der Waals surface area contributed by atoms with E-state index in [1.165, 1.54) is 6.07 Å². The first-order chi connectivity index (χ1) is 8.47. The molecule has 0 aromatic carbocycles. The van der Waals surface area contributed by atoms with Gasteiger partial charge in [0, 0.05) is 16.3 Å². The Bertz CT molecular complexity index is 481. The number of aryl methyl sites for hydroxylation is 1. The van der Waals surface area contributed by atoms with E-state index in [4.69, 9.17) is 10.6 Å². The van der Waals surface area contributed by atoms with Crippen LogP contribution in [-0.4, -0.2) is 33.9 Å². The van der Waals surface area contributed by atoms with Crippen LogP contribution in [0, 0.1) is 6.92 Å². The zero-order chi connectivity index (χ0) is 13.7. The topological polar surface area (TPSA) is 127 Å². The normalized spacial score (nSPS) is 13.7. The Hall–Kier alpha value is -1.60. The zero-order valence-corrected chi connectivity index (χ0v) is 10.5. The summed E-state index contributed by atoms with van der Waals surface area (Å²) in [7, 11) is 0. The smallest absolute Gasteiger partial charge is 0.345 e. The van der Waals surface area contributed by atoms with Crippen LogP contribution in [0.5, 0.6) is 0 Å². The molecule has 1 aromatic rings. The summed E-state index contributed by atoms with van der Waals surface area (Å²) in [6.45, 7) is 1.74. The lowest BCUT2D eigenvalue weighted by Crippen LogP contribution is -2.18. The van der Waals surface area contributed by atoms with Gasteiger partial charge in [0.25, 0.3) is 0 Å². The largest absolute Gasteiger partial charge is 0.477 e. The summed E-state index contributed by atoms with van der Waals surface area (Å²) in [5, 5.41) is 31.7. The molecule has 0 saturated heterocycles. The van der Waals surface area contributed by atoms with Crippen LogP contribution < -0.4 is 0 Å². The minimum atomic E-state index is -1.17. The van der Waals surface area contributed by atoms with Gasteiger partial charge < -0.3 is 15.3 Å². The predicted molar refractivity (Wildman–Crippen MR) is 65.6 cm³/mol. The monoisotopic (exact) mass is 271 g/mol. The molecular formula is C10H13N3O4S. The summed E-state index contributed by atoms with van der Waals surface area (Å²) in [5.74, 6) is -1.06. The maximum absolute atomic E-state index is 10.8. The van der Waals surface area contributed by atoms with E-state index in [9.17, 15) is 15.0 Å². The molecule has 18 heavy (non-hydrogen) atoms. The van der Waals surface area contributed by atoms with Crippen LogP contribution >= 0.6 is 11.3 Å². The van der Waals surface area contributed by atoms with Crippen LogP contribution in [0.3, 0.4) is 0 Å². The van der Waals surface area contributed by atoms with Crippen LogP contribution in [0.15, 0.2) is 11.2 Å². The number of aromatic carboxylic acids is 1. The van der Waals surface area contributed by atoms with Crippen LogP contribution in [-0.2, 0) is 0 Å². The number of nitrogens with zero attached hydrogens (tertiary/aromatic N) is 3. The third-order valence-electron chi connectivity index (χ3n) is 2.39. The second-order valence-electron chi connectivity index (χ2n) is 3.72. The van der Waals surface area contributed by atoms with Crippen molar-refractivity contribution in [1.29, 1.82) is 0 Å². The lowest BCUT2D eigenvalue weighted by Gasteiger charge is -2.16. The minimum Gasteiger partial charge on any atom is -0.477 e. The molecule has 0 spiro atoms. The van der Waals surface area contributed by atoms with Gasteiger partial charge in [-0.25, -0.2) is 4.79 Å². The number of hydrogen-bond donors (Lipinski definition) is 3. The summed E-state index contributed by atoms with van der Waals surface area (Å²) in [6.07, 6.45) is -2.14. The summed E-state index contributed by atoms with van der Waals surface area (Å²) in [6, 6.07) is 1.45. The molecule has 98 valence electrons. The molecule has 0 bridgehead atoms. The summed E-state index contributed by atoms with van der Waals surface area (Å²) in [4.78, 5) is 13.9. The second kappa shape index (κ2) is 6.36. The molecule has 0 radical (unpaired) electrons. The Kier molecular flexibility index (Phi) is 5.11. The molecule has 0 fully saturated rings. The number of aliphatic hydroxyl groups is 2. The van der Waals surface area contributed by atoms with E-state index in [1.807, 2.05) is 0 Å². The average Bonchev–Trinajstić information content (AvgIpc) is 2.70. The van der Waals surface area contributed by atoms with Crippen molar-refractivity contribution in [2.75, 3.05) is 6.54 Å². The minimum absolute atomic E-state index is 0.0743. The molecule has 2 atom stereocenters. The summed E-state index contributed by atoms with van der Waals surface area (Å²) >= 11 is 0.930. The van der Waals surface area contributed by atoms with E-state index in [-0.39, 0.29) is 17.8 Å². The molecule has 3 N–H and O–H groups in total. The van der Waals surface area contributed by atoms with Crippen LogP contribution in [0.1, 0.15) is 32.6 Å². The number of hydrogen-bond acceptors (Lipinski definition) is 5. The fourth-order valence-corrected chi connectivity index (χ4v) is 2.52. The fourth-order valence-electron chi connectivity index (χ4n) is 1.46. The molecule has 7 nitrogen and oxygen atoms in total. The van der Waals surface area contributed by atoms with Gasteiger partial charge in [0.05, 0.1) is 6.10 Å². The van der Waals surface area contributed by atoms with Gasteiger partial charge in [-0.3, -0.25) is 0 Å². The molecule has 1 aromatic heterocycles. The quantitative estimate of drug-likeness (QED) is 0.414. The standard InChI is InChI=1S/C10H13N3O4S/c1-5-4-7(10(16)17)18-9(5)8(15)6(14)2-3-12-13-11/h4,6,8,14-15H,2-3H2,1H3,(H,16,17). The molecule has 0 amide bonds. The molecule has 8 heteroatoms. The number of thiophene rings is 1. The molecular weight excluding hydrogens is 258 g/mol. The maximum atomic E-state index is 10.8. The molecule has 1 heterocycles. The van der Waals surface area contributed by atoms with E-state index in [0.29, 0.717) is 10.4 Å². The predicted octanol–water partition coefficient (Wildman–Crippen LogP) is 1.85. The number of rotatable bonds is 6. The van der Waals surface area contributed by atoms with Gasteiger partial charge in [0.1, 0.15) is 11.0 Å². The molecule has 0 aliphatic rings. The Balaban J connectivity index is 2.79. The fraction of sp³-hybridized carbons (Fsp3) is 0.500. The SMILES string of the molecule is Cc1cc(C(=O)O)sc1C(O)C(O)CCN=[N+]=[N-]. The molecule has 0 aliphatic carbocycles. The number of carbonyl (C=O) groups is 1. The number of carboxylic acid groups (broad SMARTS) is 1.